The normalized spacial score (nSPS) is 31.9. The van der Waals surface area contributed by atoms with E-state index in [1.807, 2.05) is 0 Å². The highest BCUT2D eigenvalue weighted by Crippen LogP contribution is 2.67. The molecule has 0 radical (unpaired) electrons. The minimum absolute atomic E-state index is 0.256. The maximum absolute atomic E-state index is 7.39. The first-order chi connectivity index (χ1) is 19.1. The second kappa shape index (κ2) is 9.76. The third-order valence-corrected chi connectivity index (χ3v) is 10.4. The van der Waals surface area contributed by atoms with Crippen LogP contribution in [0.5, 0.6) is 11.5 Å². The highest BCUT2D eigenvalue weighted by molar-refractivity contribution is 5.63. The van der Waals surface area contributed by atoms with Crippen molar-refractivity contribution in [2.24, 2.45) is 5.92 Å². The monoisotopic (exact) mass is 533 g/mol. The van der Waals surface area contributed by atoms with Crippen LogP contribution in [0.2, 0.25) is 0 Å². The van der Waals surface area contributed by atoms with Crippen LogP contribution in [0.4, 0.5) is 0 Å². The van der Waals surface area contributed by atoms with Gasteiger partial charge in [0.05, 0.1) is 31.3 Å². The van der Waals surface area contributed by atoms with Crippen LogP contribution in [0.3, 0.4) is 0 Å². The van der Waals surface area contributed by atoms with Crippen molar-refractivity contribution in [2.45, 2.75) is 87.2 Å². The predicted octanol–water partition coefficient (Wildman–Crippen LogP) is 5.30. The molecule has 1 saturated heterocycles. The highest BCUT2D eigenvalue weighted by Gasteiger charge is 2.76. The first-order valence-electron chi connectivity index (χ1n) is 15.1. The van der Waals surface area contributed by atoms with E-state index in [-0.39, 0.29) is 17.6 Å². The SMILES string of the molecule is CC[C@]12c3c4ccc(OC)c3O[C@H]1C1(CCC2(OCCCc2ccccc2)C(N(C)CC2CC2)C4)OCCO1. The lowest BCUT2D eigenvalue weighted by Crippen LogP contribution is -2.77. The van der Waals surface area contributed by atoms with Crippen LogP contribution in [0.1, 0.15) is 62.1 Å². The fourth-order valence-electron chi connectivity index (χ4n) is 8.59. The number of nitrogens with zero attached hydrogens (tertiary/aromatic N) is 1. The molecule has 2 aliphatic heterocycles. The summed E-state index contributed by atoms with van der Waals surface area (Å²) < 4.78 is 33.2. The molecular weight excluding hydrogens is 490 g/mol. The summed E-state index contributed by atoms with van der Waals surface area (Å²) in [5, 5.41) is 0. The van der Waals surface area contributed by atoms with Crippen LogP contribution in [0.25, 0.3) is 0 Å². The summed E-state index contributed by atoms with van der Waals surface area (Å²) in [6.45, 7) is 5.38. The number of methoxy groups -OCH3 is 1. The first kappa shape index (κ1) is 25.8. The quantitative estimate of drug-likeness (QED) is 0.387. The molecule has 2 aromatic rings. The van der Waals surface area contributed by atoms with Gasteiger partial charge in [0.25, 0.3) is 0 Å². The van der Waals surface area contributed by atoms with Crippen LogP contribution >= 0.6 is 0 Å². The molecule has 3 aliphatic carbocycles. The van der Waals surface area contributed by atoms with E-state index in [4.69, 9.17) is 23.7 Å². The van der Waals surface area contributed by atoms with Gasteiger partial charge >= 0.3 is 0 Å². The summed E-state index contributed by atoms with van der Waals surface area (Å²) in [7, 11) is 4.07. The Bertz CT molecular complexity index is 1190. The van der Waals surface area contributed by atoms with Gasteiger partial charge in [-0.1, -0.05) is 43.3 Å². The Morgan fingerprint density at radius 2 is 1.82 bits per heavy atom. The van der Waals surface area contributed by atoms with E-state index in [1.165, 1.54) is 29.5 Å². The van der Waals surface area contributed by atoms with E-state index in [9.17, 15) is 0 Å². The van der Waals surface area contributed by atoms with Crippen molar-refractivity contribution in [3.05, 3.63) is 59.2 Å². The molecule has 2 heterocycles. The van der Waals surface area contributed by atoms with Crippen molar-refractivity contribution >= 4 is 0 Å². The lowest BCUT2D eigenvalue weighted by atomic mass is 9.49. The number of hydrogen-bond acceptors (Lipinski definition) is 6. The molecule has 0 N–H and O–H groups in total. The molecule has 3 fully saturated rings. The third-order valence-electron chi connectivity index (χ3n) is 10.4. The van der Waals surface area contributed by atoms with Gasteiger partial charge in [-0.25, -0.2) is 0 Å². The second-order valence-electron chi connectivity index (χ2n) is 12.4. The van der Waals surface area contributed by atoms with Crippen LogP contribution < -0.4 is 9.47 Å². The standard InChI is InChI=1S/C33H43NO5/c1-4-31-28-25-14-15-26(35-3)29(28)39-30(31)33(37-19-20-38-33)17-16-32(31,27(21-25)34(2)22-24-12-13-24)36-18-8-11-23-9-6-5-7-10-23/h5-7,9-10,14-15,24,27,30H,4,8,11-13,16-22H2,1-3H3/t27?,30-,31+,32?/m1/s1. The first-order valence-corrected chi connectivity index (χ1v) is 15.1. The van der Waals surface area contributed by atoms with Gasteiger partial charge in [0.2, 0.25) is 5.79 Å². The predicted molar refractivity (Wildman–Crippen MR) is 150 cm³/mol. The summed E-state index contributed by atoms with van der Waals surface area (Å²) in [5.41, 5.74) is 3.22. The molecule has 39 heavy (non-hydrogen) atoms. The summed E-state index contributed by atoms with van der Waals surface area (Å²) in [6, 6.07) is 15.4. The van der Waals surface area contributed by atoms with E-state index in [1.54, 1.807) is 7.11 Å². The number of hydrogen-bond donors (Lipinski definition) is 0. The van der Waals surface area contributed by atoms with Crippen LogP contribution in [-0.4, -0.2) is 69.0 Å². The Hall–Kier alpha value is -2.12. The molecule has 0 aromatic heterocycles. The molecule has 1 spiro atoms. The zero-order valence-electron chi connectivity index (χ0n) is 23.7. The molecule has 6 heteroatoms. The Balaban J connectivity index is 1.33. The van der Waals surface area contributed by atoms with Gasteiger partial charge < -0.3 is 23.7 Å². The molecular formula is C33H43NO5. The van der Waals surface area contributed by atoms with Crippen molar-refractivity contribution in [1.82, 2.24) is 4.90 Å². The lowest BCUT2D eigenvalue weighted by Gasteiger charge is -2.63. The minimum Gasteiger partial charge on any atom is -0.493 e. The largest absolute Gasteiger partial charge is 0.493 e. The zero-order chi connectivity index (χ0) is 26.7. The molecule has 6 nitrogen and oxygen atoms in total. The van der Waals surface area contributed by atoms with Gasteiger partial charge in [0.15, 0.2) is 17.6 Å². The Labute approximate surface area is 232 Å². The molecule has 5 aliphatic rings. The van der Waals surface area contributed by atoms with Crippen molar-refractivity contribution in [3.8, 4) is 11.5 Å². The number of rotatable bonds is 10. The summed E-state index contributed by atoms with van der Waals surface area (Å²) in [6.07, 6.45) is 7.94. The average Bonchev–Trinajstić information content (AvgIpc) is 3.51. The Morgan fingerprint density at radius 1 is 1.03 bits per heavy atom. The van der Waals surface area contributed by atoms with E-state index in [0.717, 1.165) is 69.1 Å². The van der Waals surface area contributed by atoms with Gasteiger partial charge in [-0.3, -0.25) is 4.90 Å². The maximum atomic E-state index is 7.39. The molecule has 210 valence electrons. The number of ether oxygens (including phenoxy) is 5. The fourth-order valence-corrected chi connectivity index (χ4v) is 8.59. The molecule has 0 amide bonds. The van der Waals surface area contributed by atoms with Gasteiger partial charge in [0.1, 0.15) is 0 Å². The molecule has 2 aromatic carbocycles. The third kappa shape index (κ3) is 3.82. The average molecular weight is 534 g/mol. The molecule has 2 unspecified atom stereocenters. The molecule has 7 rings (SSSR count). The van der Waals surface area contributed by atoms with E-state index in [2.05, 4.69) is 61.3 Å². The summed E-state index contributed by atoms with van der Waals surface area (Å²) in [5.74, 6) is 1.74. The van der Waals surface area contributed by atoms with Crippen molar-refractivity contribution in [1.29, 1.82) is 0 Å². The smallest absolute Gasteiger partial charge is 0.207 e. The Kier molecular flexibility index (Phi) is 6.46. The fraction of sp³-hybridized carbons (Fsp3) is 0.636. The van der Waals surface area contributed by atoms with Gasteiger partial charge in [-0.2, -0.15) is 0 Å². The number of aryl methyl sites for hydroxylation is 1. The van der Waals surface area contributed by atoms with Crippen LogP contribution in [0, 0.1) is 5.92 Å². The van der Waals surface area contributed by atoms with Crippen molar-refractivity contribution in [3.63, 3.8) is 0 Å². The molecule has 4 atom stereocenters. The maximum Gasteiger partial charge on any atom is 0.207 e. The topological polar surface area (TPSA) is 49.4 Å². The van der Waals surface area contributed by atoms with Gasteiger partial charge in [0, 0.05) is 31.2 Å². The number of benzene rings is 2. The van der Waals surface area contributed by atoms with Gasteiger partial charge in [-0.15, -0.1) is 0 Å². The number of likely N-dealkylation sites (N-methyl/N-ethyl adjacent to an activating group) is 1. The van der Waals surface area contributed by atoms with E-state index >= 15 is 0 Å². The number of fused-ring (bicyclic) bond motifs is 1. The molecule has 0 bridgehead atoms. The Morgan fingerprint density at radius 3 is 2.54 bits per heavy atom. The summed E-state index contributed by atoms with van der Waals surface area (Å²) in [4.78, 5) is 2.63. The second-order valence-corrected chi connectivity index (χ2v) is 12.4. The van der Waals surface area contributed by atoms with Crippen LogP contribution in [-0.2, 0) is 32.5 Å². The van der Waals surface area contributed by atoms with E-state index < -0.39 is 11.4 Å². The zero-order valence-corrected chi connectivity index (χ0v) is 23.7. The van der Waals surface area contributed by atoms with Crippen molar-refractivity contribution in [2.75, 3.05) is 40.5 Å². The summed E-state index contributed by atoms with van der Waals surface area (Å²) >= 11 is 0. The van der Waals surface area contributed by atoms with Crippen molar-refractivity contribution < 1.29 is 23.7 Å². The lowest BCUT2D eigenvalue weighted by molar-refractivity contribution is -0.296. The molecule has 2 saturated carbocycles. The van der Waals surface area contributed by atoms with Gasteiger partial charge in [-0.05, 0) is 75.1 Å². The van der Waals surface area contributed by atoms with E-state index in [0.29, 0.717) is 13.2 Å². The highest BCUT2D eigenvalue weighted by atomic mass is 16.8. The minimum atomic E-state index is -0.745. The van der Waals surface area contributed by atoms with Crippen LogP contribution in [0.15, 0.2) is 42.5 Å².